The third-order valence-corrected chi connectivity index (χ3v) is 4.07. The largest absolute Gasteiger partial charge is 0.300 e. The number of carbonyl (C=O) groups excluding carboxylic acids is 1. The number of pyridine rings is 1. The number of aromatic nitrogens is 3. The Morgan fingerprint density at radius 3 is 2.96 bits per heavy atom. The summed E-state index contributed by atoms with van der Waals surface area (Å²) in [5, 5.41) is 18.0. The van der Waals surface area contributed by atoms with Gasteiger partial charge in [0.1, 0.15) is 11.6 Å². The summed E-state index contributed by atoms with van der Waals surface area (Å²) >= 11 is 1.33. The first-order valence-electron chi connectivity index (χ1n) is 7.16. The molecule has 0 fully saturated rings. The lowest BCUT2D eigenvalue weighted by atomic mass is 10.1. The Morgan fingerprint density at radius 2 is 2.29 bits per heavy atom. The lowest BCUT2D eigenvalue weighted by Gasteiger charge is -2.06. The summed E-state index contributed by atoms with van der Waals surface area (Å²) in [5.74, 6) is 0.212. The average molecular weight is 345 g/mol. The maximum atomic E-state index is 12.0. The molecule has 0 unspecified atom stereocenters. The van der Waals surface area contributed by atoms with Crippen molar-refractivity contribution in [2.24, 2.45) is 0 Å². The number of hydrogen-bond donors (Lipinski definition) is 3. The minimum absolute atomic E-state index is 0.0491. The van der Waals surface area contributed by atoms with Crippen molar-refractivity contribution in [3.05, 3.63) is 40.4 Å². The van der Waals surface area contributed by atoms with E-state index in [4.69, 9.17) is 5.21 Å². The quantitative estimate of drug-likeness (QED) is 0.228. The van der Waals surface area contributed by atoms with Crippen LogP contribution in [0.1, 0.15) is 24.8 Å². The van der Waals surface area contributed by atoms with E-state index >= 15 is 0 Å². The molecule has 124 valence electrons. The molecule has 0 saturated carbocycles. The van der Waals surface area contributed by atoms with E-state index in [-0.39, 0.29) is 12.0 Å². The highest BCUT2D eigenvalue weighted by Crippen LogP contribution is 2.21. The third-order valence-electron chi connectivity index (χ3n) is 3.11. The Labute approximate surface area is 141 Å². The topological polar surface area (TPSA) is 132 Å². The van der Waals surface area contributed by atoms with Gasteiger partial charge in [0.05, 0.1) is 5.69 Å². The fourth-order valence-corrected chi connectivity index (χ4v) is 2.81. The van der Waals surface area contributed by atoms with E-state index in [9.17, 15) is 14.9 Å². The molecule has 2 aromatic rings. The zero-order chi connectivity index (χ0) is 17.4. The van der Waals surface area contributed by atoms with Crippen molar-refractivity contribution in [3.8, 4) is 17.3 Å². The second kappa shape index (κ2) is 8.81. The molecule has 2 aromatic heterocycles. The second-order valence-electron chi connectivity index (χ2n) is 4.79. The monoisotopic (exact) mass is 345 g/mol. The predicted octanol–water partition coefficient (Wildman–Crippen LogP) is 1.47. The molecule has 8 nitrogen and oxygen atoms in total. The van der Waals surface area contributed by atoms with Gasteiger partial charge in [0.2, 0.25) is 5.91 Å². The van der Waals surface area contributed by atoms with Crippen LogP contribution in [0.25, 0.3) is 11.3 Å². The van der Waals surface area contributed by atoms with Crippen LogP contribution in [0.15, 0.2) is 34.5 Å². The molecule has 0 bridgehead atoms. The number of thioether (sulfide) groups is 1. The number of rotatable bonds is 7. The maximum Gasteiger partial charge on any atom is 0.270 e. The van der Waals surface area contributed by atoms with E-state index in [0.717, 1.165) is 0 Å². The zero-order valence-electron chi connectivity index (χ0n) is 12.7. The van der Waals surface area contributed by atoms with Crippen molar-refractivity contribution in [3.63, 3.8) is 0 Å². The van der Waals surface area contributed by atoms with Crippen molar-refractivity contribution in [2.75, 3.05) is 5.75 Å². The Kier molecular flexibility index (Phi) is 6.48. The molecule has 0 atom stereocenters. The molecule has 0 aliphatic heterocycles. The van der Waals surface area contributed by atoms with Gasteiger partial charge in [-0.1, -0.05) is 11.8 Å². The predicted molar refractivity (Wildman–Crippen MR) is 87.3 cm³/mol. The number of nitriles is 1. The molecule has 1 amide bonds. The Hall–Kier alpha value is -2.70. The molecule has 0 saturated heterocycles. The van der Waals surface area contributed by atoms with Crippen LogP contribution in [-0.2, 0) is 4.79 Å². The van der Waals surface area contributed by atoms with Gasteiger partial charge in [-0.15, -0.1) is 0 Å². The van der Waals surface area contributed by atoms with E-state index in [1.54, 1.807) is 30.0 Å². The van der Waals surface area contributed by atoms with Gasteiger partial charge in [0.15, 0.2) is 5.16 Å². The van der Waals surface area contributed by atoms with Gasteiger partial charge in [-0.25, -0.2) is 10.5 Å². The molecular formula is C15H15N5O3S. The third kappa shape index (κ3) is 4.65. The molecule has 0 radical (unpaired) electrons. The van der Waals surface area contributed by atoms with Gasteiger partial charge in [0.25, 0.3) is 5.56 Å². The summed E-state index contributed by atoms with van der Waals surface area (Å²) in [4.78, 5) is 33.9. The summed E-state index contributed by atoms with van der Waals surface area (Å²) in [7, 11) is 0. The minimum Gasteiger partial charge on any atom is -0.300 e. The molecule has 9 heteroatoms. The van der Waals surface area contributed by atoms with Crippen molar-refractivity contribution in [2.45, 2.75) is 24.4 Å². The summed E-state index contributed by atoms with van der Waals surface area (Å²) in [6.07, 6.45) is 4.69. The first-order chi connectivity index (χ1) is 11.7. The van der Waals surface area contributed by atoms with Crippen molar-refractivity contribution < 1.29 is 10.0 Å². The summed E-state index contributed by atoms with van der Waals surface area (Å²) in [6, 6.07) is 5.31. The highest BCUT2D eigenvalue weighted by Gasteiger charge is 2.13. The fourth-order valence-electron chi connectivity index (χ4n) is 1.95. The van der Waals surface area contributed by atoms with Crippen LogP contribution in [0.4, 0.5) is 0 Å². The zero-order valence-corrected chi connectivity index (χ0v) is 13.5. The number of aromatic amines is 1. The fraction of sp³-hybridized carbons (Fsp3) is 0.267. The first kappa shape index (κ1) is 17.7. The average Bonchev–Trinajstić information content (AvgIpc) is 2.61. The highest BCUT2D eigenvalue weighted by molar-refractivity contribution is 7.99. The lowest BCUT2D eigenvalue weighted by Crippen LogP contribution is -2.17. The maximum absolute atomic E-state index is 12.0. The van der Waals surface area contributed by atoms with Crippen LogP contribution < -0.4 is 11.0 Å². The standard InChI is InChI=1S/C15H15N5O3S/c16-8-11-13(10-4-3-6-17-9-10)18-15(19-14(11)22)24-7-2-1-5-12(21)20-23/h3-4,6,9,23H,1-2,5,7H2,(H,20,21)(H,18,19,22). The molecule has 2 heterocycles. The van der Waals surface area contributed by atoms with Crippen LogP contribution in [0.3, 0.4) is 0 Å². The first-order valence-corrected chi connectivity index (χ1v) is 8.15. The molecule has 0 aliphatic rings. The van der Waals surface area contributed by atoms with Gasteiger partial charge in [-0.3, -0.25) is 19.8 Å². The normalized spacial score (nSPS) is 10.2. The number of amides is 1. The van der Waals surface area contributed by atoms with E-state index < -0.39 is 11.5 Å². The van der Waals surface area contributed by atoms with Crippen LogP contribution >= 0.6 is 11.8 Å². The number of nitrogens with one attached hydrogen (secondary N) is 2. The van der Waals surface area contributed by atoms with E-state index in [1.807, 2.05) is 6.07 Å². The summed E-state index contributed by atoms with van der Waals surface area (Å²) in [6.45, 7) is 0. The molecule has 0 spiro atoms. The van der Waals surface area contributed by atoms with Gasteiger partial charge in [-0.2, -0.15) is 5.26 Å². The van der Waals surface area contributed by atoms with Gasteiger partial charge >= 0.3 is 0 Å². The van der Waals surface area contributed by atoms with E-state index in [2.05, 4.69) is 15.0 Å². The number of hydrogen-bond acceptors (Lipinski definition) is 7. The molecular weight excluding hydrogens is 330 g/mol. The molecule has 3 N–H and O–H groups in total. The molecule has 24 heavy (non-hydrogen) atoms. The molecule has 0 aliphatic carbocycles. The van der Waals surface area contributed by atoms with Crippen LogP contribution in [0.5, 0.6) is 0 Å². The Morgan fingerprint density at radius 1 is 1.46 bits per heavy atom. The molecule has 0 aromatic carbocycles. The molecule has 2 rings (SSSR count). The van der Waals surface area contributed by atoms with Gasteiger partial charge < -0.3 is 4.98 Å². The van der Waals surface area contributed by atoms with Crippen LogP contribution in [-0.4, -0.2) is 31.8 Å². The van der Waals surface area contributed by atoms with Gasteiger partial charge in [0, 0.05) is 30.1 Å². The SMILES string of the molecule is N#Cc1c(-c2cccnc2)nc(SCCCCC(=O)NO)[nH]c1=O. The van der Waals surface area contributed by atoms with Crippen molar-refractivity contribution >= 4 is 17.7 Å². The summed E-state index contributed by atoms with van der Waals surface area (Å²) in [5.41, 5.74) is 1.94. The van der Waals surface area contributed by atoms with E-state index in [1.165, 1.54) is 11.8 Å². The Balaban J connectivity index is 2.10. The number of H-pyrrole nitrogens is 1. The lowest BCUT2D eigenvalue weighted by molar-refractivity contribution is -0.129. The van der Waals surface area contributed by atoms with E-state index in [0.29, 0.717) is 35.0 Å². The van der Waals surface area contributed by atoms with Crippen LogP contribution in [0, 0.1) is 11.3 Å². The van der Waals surface area contributed by atoms with Crippen molar-refractivity contribution in [1.29, 1.82) is 5.26 Å². The smallest absolute Gasteiger partial charge is 0.270 e. The van der Waals surface area contributed by atoms with Crippen LogP contribution in [0.2, 0.25) is 0 Å². The number of carbonyl (C=O) groups is 1. The van der Waals surface area contributed by atoms with Crippen molar-refractivity contribution in [1.82, 2.24) is 20.4 Å². The highest BCUT2D eigenvalue weighted by atomic mass is 32.2. The summed E-state index contributed by atoms with van der Waals surface area (Å²) < 4.78 is 0. The number of unbranched alkanes of at least 4 members (excludes halogenated alkanes) is 1. The number of hydroxylamine groups is 1. The minimum atomic E-state index is -0.492. The Bertz CT molecular complexity index is 801. The van der Waals surface area contributed by atoms with Gasteiger partial charge in [-0.05, 0) is 25.0 Å². The second-order valence-corrected chi connectivity index (χ2v) is 5.87. The number of nitrogens with zero attached hydrogens (tertiary/aromatic N) is 3.